The predicted molar refractivity (Wildman–Crippen MR) is 47.4 cm³/mol. The molecule has 2 N–H and O–H groups in total. The molecule has 0 fully saturated rings. The second-order valence-electron chi connectivity index (χ2n) is 2.84. The van der Waals surface area contributed by atoms with Crippen molar-refractivity contribution in [1.29, 1.82) is 5.26 Å². The molecule has 0 aromatic rings. The maximum Gasteiger partial charge on any atom is 0.279 e. The number of rotatable bonds is 2. The van der Waals surface area contributed by atoms with E-state index in [9.17, 15) is 14.4 Å². The number of amides is 3. The summed E-state index contributed by atoms with van der Waals surface area (Å²) >= 11 is 0. The van der Waals surface area contributed by atoms with Gasteiger partial charge in [-0.05, 0) is 0 Å². The molecular weight excluding hydrogens is 200 g/mol. The van der Waals surface area contributed by atoms with Crippen LogP contribution < -0.4 is 10.9 Å². The van der Waals surface area contributed by atoms with Crippen LogP contribution in [0.4, 0.5) is 0 Å². The number of carbonyl (C=O) groups is 3. The Morgan fingerprint density at radius 1 is 1.40 bits per heavy atom. The largest absolute Gasteiger partial charge is 0.292 e. The fourth-order valence-corrected chi connectivity index (χ4v) is 1.01. The number of hydrogen-bond acceptors (Lipinski definition) is 5. The van der Waals surface area contributed by atoms with Crippen LogP contribution in [0.3, 0.4) is 0 Å². The van der Waals surface area contributed by atoms with Gasteiger partial charge in [0.15, 0.2) is 0 Å². The van der Waals surface area contributed by atoms with Gasteiger partial charge in [-0.3, -0.25) is 30.1 Å². The van der Waals surface area contributed by atoms with E-state index in [1.54, 1.807) is 6.07 Å². The monoisotopic (exact) mass is 208 g/mol. The van der Waals surface area contributed by atoms with E-state index in [1.807, 2.05) is 0 Å². The Hall–Kier alpha value is -2.36. The van der Waals surface area contributed by atoms with Gasteiger partial charge in [0, 0.05) is 14.0 Å². The van der Waals surface area contributed by atoms with Gasteiger partial charge < -0.3 is 0 Å². The average molecular weight is 208 g/mol. The standard InChI is InChI=1S/C8H8N4O3/c1-4(13)10-11-6-5(3-9)7(14)12(2)8(6)15/h11H,1-2H3,(H,10,13). The first kappa shape index (κ1) is 10.7. The number of nitrogens with zero attached hydrogens (tertiary/aromatic N) is 2. The van der Waals surface area contributed by atoms with Crippen molar-refractivity contribution in [2.45, 2.75) is 6.92 Å². The molecule has 0 saturated heterocycles. The molecule has 1 aliphatic rings. The van der Waals surface area contributed by atoms with Gasteiger partial charge in [0.05, 0.1) is 0 Å². The molecular formula is C8H8N4O3. The van der Waals surface area contributed by atoms with Crippen LogP contribution in [0.5, 0.6) is 0 Å². The quantitative estimate of drug-likeness (QED) is 0.420. The van der Waals surface area contributed by atoms with E-state index in [2.05, 4.69) is 10.9 Å². The van der Waals surface area contributed by atoms with Gasteiger partial charge in [0.1, 0.15) is 17.3 Å². The lowest BCUT2D eigenvalue weighted by molar-refractivity contribution is -0.135. The van der Waals surface area contributed by atoms with E-state index in [4.69, 9.17) is 5.26 Å². The summed E-state index contributed by atoms with van der Waals surface area (Å²) in [6, 6.07) is 1.60. The second-order valence-corrected chi connectivity index (χ2v) is 2.84. The Morgan fingerprint density at radius 2 is 2.00 bits per heavy atom. The summed E-state index contributed by atoms with van der Waals surface area (Å²) in [4.78, 5) is 34.0. The molecule has 78 valence electrons. The normalized spacial score (nSPS) is 15.4. The van der Waals surface area contributed by atoms with Gasteiger partial charge in [0.25, 0.3) is 11.8 Å². The molecule has 0 aromatic carbocycles. The van der Waals surface area contributed by atoms with E-state index >= 15 is 0 Å². The van der Waals surface area contributed by atoms with Gasteiger partial charge >= 0.3 is 0 Å². The first-order chi connectivity index (χ1) is 6.99. The zero-order valence-electron chi connectivity index (χ0n) is 8.12. The van der Waals surface area contributed by atoms with Gasteiger partial charge in [-0.1, -0.05) is 0 Å². The highest BCUT2D eigenvalue weighted by molar-refractivity contribution is 6.20. The summed E-state index contributed by atoms with van der Waals surface area (Å²) in [5.74, 6) is -1.77. The third kappa shape index (κ3) is 1.78. The Morgan fingerprint density at radius 3 is 2.47 bits per heavy atom. The Kier molecular flexibility index (Phi) is 2.71. The van der Waals surface area contributed by atoms with E-state index in [1.165, 1.54) is 14.0 Å². The second kappa shape index (κ2) is 3.79. The Labute approximate surface area is 85.3 Å². The van der Waals surface area contributed by atoms with Gasteiger partial charge in [-0.25, -0.2) is 0 Å². The smallest absolute Gasteiger partial charge is 0.279 e. The lowest BCUT2D eigenvalue weighted by Crippen LogP contribution is -2.39. The van der Waals surface area contributed by atoms with Gasteiger partial charge in [-0.2, -0.15) is 5.26 Å². The van der Waals surface area contributed by atoms with Crippen LogP contribution in [0.25, 0.3) is 0 Å². The van der Waals surface area contributed by atoms with Crippen LogP contribution in [0.1, 0.15) is 6.92 Å². The molecule has 0 aromatic heterocycles. The van der Waals surface area contributed by atoms with Crippen molar-refractivity contribution in [3.8, 4) is 6.07 Å². The van der Waals surface area contributed by atoms with E-state index < -0.39 is 17.7 Å². The summed E-state index contributed by atoms with van der Waals surface area (Å²) in [6.07, 6.45) is 0. The molecule has 0 bridgehead atoms. The first-order valence-corrected chi connectivity index (χ1v) is 3.98. The van der Waals surface area contributed by atoms with Gasteiger partial charge in [0.2, 0.25) is 5.91 Å². The van der Waals surface area contributed by atoms with Crippen LogP contribution >= 0.6 is 0 Å². The molecule has 1 heterocycles. The molecule has 0 radical (unpaired) electrons. The first-order valence-electron chi connectivity index (χ1n) is 3.98. The SMILES string of the molecule is CC(=O)NNC1=C(C#N)C(=O)N(C)C1=O. The van der Waals surface area contributed by atoms with Crippen LogP contribution in [-0.2, 0) is 14.4 Å². The highest BCUT2D eigenvalue weighted by Crippen LogP contribution is 2.15. The molecule has 1 aliphatic heterocycles. The summed E-state index contributed by atoms with van der Waals surface area (Å²) in [7, 11) is 1.25. The molecule has 1 rings (SSSR count). The van der Waals surface area contributed by atoms with E-state index in [0.29, 0.717) is 0 Å². The molecule has 7 heteroatoms. The molecule has 3 amide bonds. The molecule has 0 unspecified atom stereocenters. The summed E-state index contributed by atoms with van der Waals surface area (Å²) in [5, 5.41) is 8.65. The lowest BCUT2D eigenvalue weighted by atomic mass is 10.2. The van der Waals surface area contributed by atoms with Crippen molar-refractivity contribution in [2.24, 2.45) is 0 Å². The molecule has 15 heavy (non-hydrogen) atoms. The molecule has 0 saturated carbocycles. The zero-order chi connectivity index (χ0) is 11.6. The number of likely N-dealkylation sites (N-methyl/N-ethyl adjacent to an activating group) is 1. The highest BCUT2D eigenvalue weighted by Gasteiger charge is 2.36. The van der Waals surface area contributed by atoms with Gasteiger partial charge in [-0.15, -0.1) is 0 Å². The lowest BCUT2D eigenvalue weighted by Gasteiger charge is -2.07. The zero-order valence-corrected chi connectivity index (χ0v) is 8.12. The van der Waals surface area contributed by atoms with Crippen molar-refractivity contribution in [2.75, 3.05) is 7.05 Å². The van der Waals surface area contributed by atoms with Crippen molar-refractivity contribution in [3.05, 3.63) is 11.3 Å². The van der Waals surface area contributed by atoms with Crippen molar-refractivity contribution >= 4 is 17.7 Å². The van der Waals surface area contributed by atoms with Crippen LogP contribution in [0, 0.1) is 11.3 Å². The fraction of sp³-hybridized carbons (Fsp3) is 0.250. The minimum atomic E-state index is -0.685. The minimum Gasteiger partial charge on any atom is -0.292 e. The number of imide groups is 1. The topological polar surface area (TPSA) is 102 Å². The number of nitriles is 1. The third-order valence-corrected chi connectivity index (χ3v) is 1.76. The average Bonchev–Trinajstić information content (AvgIpc) is 2.39. The molecule has 0 aliphatic carbocycles. The maximum atomic E-state index is 11.4. The van der Waals surface area contributed by atoms with Crippen molar-refractivity contribution < 1.29 is 14.4 Å². The number of carbonyl (C=O) groups excluding carboxylic acids is 3. The van der Waals surface area contributed by atoms with Crippen LogP contribution in [-0.4, -0.2) is 29.7 Å². The predicted octanol–water partition coefficient (Wildman–Crippen LogP) is -1.60. The maximum absolute atomic E-state index is 11.4. The van der Waals surface area contributed by atoms with Crippen LogP contribution in [0.15, 0.2) is 11.3 Å². The Balaban J connectivity index is 2.97. The summed E-state index contributed by atoms with van der Waals surface area (Å²) < 4.78 is 0. The number of nitrogens with one attached hydrogen (secondary N) is 2. The number of hydrazine groups is 1. The highest BCUT2D eigenvalue weighted by atomic mass is 16.2. The minimum absolute atomic E-state index is 0.208. The fourth-order valence-electron chi connectivity index (χ4n) is 1.01. The van der Waals surface area contributed by atoms with Crippen molar-refractivity contribution in [3.63, 3.8) is 0 Å². The molecule has 7 nitrogen and oxygen atoms in total. The Bertz CT molecular complexity index is 418. The third-order valence-electron chi connectivity index (χ3n) is 1.76. The van der Waals surface area contributed by atoms with Crippen LogP contribution in [0.2, 0.25) is 0 Å². The van der Waals surface area contributed by atoms with E-state index in [0.717, 1.165) is 4.90 Å². The van der Waals surface area contributed by atoms with Crippen molar-refractivity contribution in [1.82, 2.24) is 15.8 Å². The molecule has 0 spiro atoms. The summed E-state index contributed by atoms with van der Waals surface area (Å²) in [6.45, 7) is 1.23. The van der Waals surface area contributed by atoms with E-state index in [-0.39, 0.29) is 11.3 Å². The number of hydrogen-bond donors (Lipinski definition) is 2. The summed E-state index contributed by atoms with van der Waals surface area (Å²) in [5.41, 5.74) is 3.85. The molecule has 0 atom stereocenters.